The summed E-state index contributed by atoms with van der Waals surface area (Å²) in [7, 11) is 0. The molecule has 0 aromatic heterocycles. The first-order valence-corrected chi connectivity index (χ1v) is 4.42. The normalized spacial score (nSPS) is 10.4. The van der Waals surface area contributed by atoms with Crippen LogP contribution >= 0.6 is 0 Å². The maximum atomic E-state index is 9.53. The molecule has 1 aromatic rings. The second-order valence-corrected chi connectivity index (χ2v) is 3.22. The summed E-state index contributed by atoms with van der Waals surface area (Å²) in [6.07, 6.45) is 3.71. The fourth-order valence-corrected chi connectivity index (χ4v) is 1.08. The molecule has 1 heteroatoms. The van der Waals surface area contributed by atoms with E-state index >= 15 is 0 Å². The number of allylic oxidation sites excluding steroid dienone is 4. The lowest BCUT2D eigenvalue weighted by molar-refractivity contribution is 0.474. The van der Waals surface area contributed by atoms with Crippen LogP contribution in [-0.2, 0) is 0 Å². The molecule has 1 nitrogen and oxygen atoms in total. The Labute approximate surface area is 84.7 Å². The van der Waals surface area contributed by atoms with Crippen LogP contribution in [0, 0.1) is 0 Å². The van der Waals surface area contributed by atoms with Gasteiger partial charge in [0.15, 0.2) is 0 Å². The summed E-state index contributed by atoms with van der Waals surface area (Å²) in [4.78, 5) is 0. The zero-order valence-corrected chi connectivity index (χ0v) is 8.33. The number of para-hydroxylation sites is 1. The second-order valence-electron chi connectivity index (χ2n) is 3.22. The first kappa shape index (κ1) is 10.3. The van der Waals surface area contributed by atoms with E-state index in [0.29, 0.717) is 0 Å². The Hall–Kier alpha value is -1.76. The Morgan fingerprint density at radius 3 is 2.43 bits per heavy atom. The molecule has 1 N–H and O–H groups in total. The van der Waals surface area contributed by atoms with E-state index in [1.807, 2.05) is 31.2 Å². The predicted molar refractivity (Wildman–Crippen MR) is 61.1 cm³/mol. The minimum absolute atomic E-state index is 0.254. The minimum atomic E-state index is 0.254. The number of rotatable bonds is 3. The van der Waals surface area contributed by atoms with Gasteiger partial charge in [0.2, 0.25) is 0 Å². The van der Waals surface area contributed by atoms with Crippen molar-refractivity contribution in [1.82, 2.24) is 0 Å². The third kappa shape index (κ3) is 2.63. The monoisotopic (exact) mass is 186 g/mol. The highest BCUT2D eigenvalue weighted by molar-refractivity contribution is 5.76. The van der Waals surface area contributed by atoms with Crippen molar-refractivity contribution in [2.75, 3.05) is 0 Å². The molecule has 1 aromatic carbocycles. The molecule has 0 saturated heterocycles. The van der Waals surface area contributed by atoms with Crippen molar-refractivity contribution in [3.63, 3.8) is 0 Å². The molecular formula is C13H14O. The summed E-state index contributed by atoms with van der Waals surface area (Å²) in [6, 6.07) is 7.14. The molecule has 72 valence electrons. The first-order chi connectivity index (χ1) is 6.61. The summed E-state index contributed by atoms with van der Waals surface area (Å²) in [5, 5.41) is 9.53. The molecule has 0 heterocycles. The molecular weight excluding hydrogens is 172 g/mol. The van der Waals surface area contributed by atoms with Crippen LogP contribution in [-0.4, -0.2) is 5.11 Å². The van der Waals surface area contributed by atoms with Crippen LogP contribution in [0.2, 0.25) is 0 Å². The van der Waals surface area contributed by atoms with Crippen molar-refractivity contribution >= 4 is 5.57 Å². The van der Waals surface area contributed by atoms with Gasteiger partial charge in [0.25, 0.3) is 0 Å². The lowest BCUT2D eigenvalue weighted by Gasteiger charge is -2.02. The molecule has 0 aliphatic carbocycles. The number of aromatic hydroxyl groups is 1. The Kier molecular flexibility index (Phi) is 3.29. The maximum absolute atomic E-state index is 9.53. The van der Waals surface area contributed by atoms with Gasteiger partial charge in [-0.25, -0.2) is 0 Å². The molecule has 0 amide bonds. The number of hydrogen-bond donors (Lipinski definition) is 1. The zero-order chi connectivity index (χ0) is 10.6. The summed E-state index contributed by atoms with van der Waals surface area (Å²) >= 11 is 0. The average Bonchev–Trinajstić information content (AvgIpc) is 2.15. The number of phenols is 1. The van der Waals surface area contributed by atoms with E-state index in [1.165, 1.54) is 0 Å². The fourth-order valence-electron chi connectivity index (χ4n) is 1.08. The standard InChI is InChI=1S/C13H14O/c1-10(2)8-9-11(3)12-6-4-5-7-13(12)14/h4-9,14H,1,3H2,2H3/b9-8-. The lowest BCUT2D eigenvalue weighted by Crippen LogP contribution is -1.79. The highest BCUT2D eigenvalue weighted by Gasteiger charge is 1.99. The first-order valence-electron chi connectivity index (χ1n) is 4.42. The van der Waals surface area contributed by atoms with Gasteiger partial charge in [-0.2, -0.15) is 0 Å². The average molecular weight is 186 g/mol. The molecule has 0 unspecified atom stereocenters. The van der Waals surface area contributed by atoms with Gasteiger partial charge >= 0.3 is 0 Å². The number of phenolic OH excluding ortho intramolecular Hbond substituents is 1. The number of hydrogen-bond acceptors (Lipinski definition) is 1. The van der Waals surface area contributed by atoms with Crippen molar-refractivity contribution in [1.29, 1.82) is 0 Å². The van der Waals surface area contributed by atoms with E-state index < -0.39 is 0 Å². The van der Waals surface area contributed by atoms with Crippen LogP contribution in [0.4, 0.5) is 0 Å². The molecule has 0 atom stereocenters. The van der Waals surface area contributed by atoms with E-state index in [9.17, 15) is 5.11 Å². The summed E-state index contributed by atoms with van der Waals surface area (Å²) < 4.78 is 0. The Balaban J connectivity index is 2.91. The SMILES string of the molecule is C=C(C)/C=C\C(=C)c1ccccc1O. The van der Waals surface area contributed by atoms with E-state index in [-0.39, 0.29) is 5.75 Å². The smallest absolute Gasteiger partial charge is 0.123 e. The zero-order valence-electron chi connectivity index (χ0n) is 8.33. The van der Waals surface area contributed by atoms with Gasteiger partial charge in [0.05, 0.1) is 0 Å². The molecule has 0 bridgehead atoms. The lowest BCUT2D eigenvalue weighted by atomic mass is 10.1. The molecule has 0 spiro atoms. The molecule has 0 radical (unpaired) electrons. The van der Waals surface area contributed by atoms with Crippen LogP contribution in [0.25, 0.3) is 5.57 Å². The third-order valence-corrected chi connectivity index (χ3v) is 1.82. The molecule has 0 saturated carbocycles. The van der Waals surface area contributed by atoms with Crippen LogP contribution in [0.3, 0.4) is 0 Å². The van der Waals surface area contributed by atoms with Crippen LogP contribution in [0.5, 0.6) is 5.75 Å². The molecule has 0 aliphatic heterocycles. The topological polar surface area (TPSA) is 20.2 Å². The molecule has 0 fully saturated rings. The number of benzene rings is 1. The fraction of sp³-hybridized carbons (Fsp3) is 0.0769. The Bertz CT molecular complexity index is 386. The largest absolute Gasteiger partial charge is 0.507 e. The van der Waals surface area contributed by atoms with E-state index in [0.717, 1.165) is 16.7 Å². The highest BCUT2D eigenvalue weighted by atomic mass is 16.3. The van der Waals surface area contributed by atoms with Crippen molar-refractivity contribution in [2.45, 2.75) is 6.92 Å². The van der Waals surface area contributed by atoms with E-state index in [4.69, 9.17) is 0 Å². The van der Waals surface area contributed by atoms with Gasteiger partial charge in [-0.3, -0.25) is 0 Å². The van der Waals surface area contributed by atoms with Crippen LogP contribution in [0.1, 0.15) is 12.5 Å². The van der Waals surface area contributed by atoms with Gasteiger partial charge < -0.3 is 5.11 Å². The van der Waals surface area contributed by atoms with E-state index in [1.54, 1.807) is 12.1 Å². The third-order valence-electron chi connectivity index (χ3n) is 1.82. The van der Waals surface area contributed by atoms with Crippen LogP contribution < -0.4 is 0 Å². The van der Waals surface area contributed by atoms with Gasteiger partial charge in [0, 0.05) is 5.56 Å². The minimum Gasteiger partial charge on any atom is -0.507 e. The van der Waals surface area contributed by atoms with Crippen molar-refractivity contribution in [3.05, 3.63) is 60.7 Å². The maximum Gasteiger partial charge on any atom is 0.123 e. The predicted octanol–water partition coefficient (Wildman–Crippen LogP) is 3.54. The van der Waals surface area contributed by atoms with Crippen molar-refractivity contribution in [2.24, 2.45) is 0 Å². The Morgan fingerprint density at radius 1 is 1.21 bits per heavy atom. The van der Waals surface area contributed by atoms with Gasteiger partial charge in [-0.05, 0) is 18.6 Å². The molecule has 1 rings (SSSR count). The quantitative estimate of drug-likeness (QED) is 0.716. The van der Waals surface area contributed by atoms with Gasteiger partial charge in [0.1, 0.15) is 5.75 Å². The Morgan fingerprint density at radius 2 is 1.86 bits per heavy atom. The van der Waals surface area contributed by atoms with Crippen molar-refractivity contribution in [3.8, 4) is 5.75 Å². The van der Waals surface area contributed by atoms with E-state index in [2.05, 4.69) is 13.2 Å². The summed E-state index contributed by atoms with van der Waals surface area (Å²) in [6.45, 7) is 9.53. The van der Waals surface area contributed by atoms with Gasteiger partial charge in [-0.1, -0.05) is 49.1 Å². The summed E-state index contributed by atoms with van der Waals surface area (Å²) in [5.74, 6) is 0.254. The molecule has 14 heavy (non-hydrogen) atoms. The highest BCUT2D eigenvalue weighted by Crippen LogP contribution is 2.24. The van der Waals surface area contributed by atoms with Crippen molar-refractivity contribution < 1.29 is 5.11 Å². The second kappa shape index (κ2) is 4.47. The molecule has 0 aliphatic rings. The van der Waals surface area contributed by atoms with Gasteiger partial charge in [-0.15, -0.1) is 0 Å². The van der Waals surface area contributed by atoms with Crippen LogP contribution in [0.15, 0.2) is 55.1 Å². The summed E-state index contributed by atoms with van der Waals surface area (Å²) in [5.41, 5.74) is 2.50.